The Balaban J connectivity index is 0.00000450. The van der Waals surface area contributed by atoms with Crippen LogP contribution >= 0.6 is 24.0 Å². The molecule has 1 saturated heterocycles. The lowest BCUT2D eigenvalue weighted by Gasteiger charge is -2.26. The van der Waals surface area contributed by atoms with E-state index in [1.54, 1.807) is 6.20 Å². The van der Waals surface area contributed by atoms with Crippen molar-refractivity contribution in [1.82, 2.24) is 20.5 Å². The molecule has 2 N–H and O–H groups in total. The summed E-state index contributed by atoms with van der Waals surface area (Å²) < 4.78 is 11.3. The molecule has 2 heterocycles. The Hall–Kier alpha value is -1.13. The van der Waals surface area contributed by atoms with Crippen molar-refractivity contribution < 1.29 is 9.47 Å². The van der Waals surface area contributed by atoms with E-state index in [4.69, 9.17) is 14.5 Å². The molecule has 1 fully saturated rings. The van der Waals surface area contributed by atoms with Gasteiger partial charge in [-0.05, 0) is 50.8 Å². The SMILES string of the molecule is CCNC(=NCc1ccnc(OC(C)CC(C)C)c1)NCCCN1CCOCC1.I. The van der Waals surface area contributed by atoms with E-state index < -0.39 is 0 Å². The highest BCUT2D eigenvalue weighted by Crippen LogP contribution is 2.15. The topological polar surface area (TPSA) is 71.0 Å². The van der Waals surface area contributed by atoms with Gasteiger partial charge in [0.2, 0.25) is 5.88 Å². The zero-order chi connectivity index (χ0) is 20.9. The van der Waals surface area contributed by atoms with Gasteiger partial charge in [0, 0.05) is 38.4 Å². The Morgan fingerprint density at radius 3 is 2.73 bits per heavy atom. The van der Waals surface area contributed by atoms with E-state index in [1.165, 1.54) is 0 Å². The fraction of sp³-hybridized carbons (Fsp3) is 0.727. The number of hydrogen-bond donors (Lipinski definition) is 2. The smallest absolute Gasteiger partial charge is 0.213 e. The average Bonchev–Trinajstić information content (AvgIpc) is 2.69. The summed E-state index contributed by atoms with van der Waals surface area (Å²) in [6, 6.07) is 3.98. The molecule has 0 aliphatic carbocycles. The van der Waals surface area contributed by atoms with Crippen molar-refractivity contribution in [1.29, 1.82) is 0 Å². The molecule has 0 amide bonds. The number of morpholine rings is 1. The molecular formula is C22H40IN5O2. The second-order valence-electron chi connectivity index (χ2n) is 7.99. The van der Waals surface area contributed by atoms with Gasteiger partial charge in [-0.25, -0.2) is 9.98 Å². The van der Waals surface area contributed by atoms with Gasteiger partial charge < -0.3 is 20.1 Å². The van der Waals surface area contributed by atoms with Crippen molar-refractivity contribution in [2.75, 3.05) is 45.9 Å². The van der Waals surface area contributed by atoms with E-state index in [1.807, 2.05) is 12.1 Å². The van der Waals surface area contributed by atoms with Gasteiger partial charge in [0.25, 0.3) is 0 Å². The number of rotatable bonds is 11. The standard InChI is InChI=1S/C22H39N5O2.HI/c1-5-23-22(25-8-6-10-27-11-13-28-14-12-27)26-17-20-7-9-24-21(16-20)29-19(4)15-18(2)3;/h7,9,16,18-19H,5-6,8,10-15,17H2,1-4H3,(H2,23,25,26);1H. The second kappa shape index (κ2) is 15.6. The first kappa shape index (κ1) is 26.9. The first-order valence-corrected chi connectivity index (χ1v) is 11.0. The summed E-state index contributed by atoms with van der Waals surface area (Å²) in [6.45, 7) is 15.8. The van der Waals surface area contributed by atoms with Crippen molar-refractivity contribution in [2.24, 2.45) is 10.9 Å². The van der Waals surface area contributed by atoms with Crippen molar-refractivity contribution >= 4 is 29.9 Å². The number of halogens is 1. The molecule has 1 aliphatic rings. The second-order valence-corrected chi connectivity index (χ2v) is 7.99. The molecule has 2 rings (SSSR count). The minimum absolute atomic E-state index is 0. The Morgan fingerprint density at radius 1 is 1.27 bits per heavy atom. The number of nitrogens with zero attached hydrogens (tertiary/aromatic N) is 3. The van der Waals surface area contributed by atoms with Gasteiger partial charge in [-0.1, -0.05) is 13.8 Å². The summed E-state index contributed by atoms with van der Waals surface area (Å²) in [4.78, 5) is 11.5. The van der Waals surface area contributed by atoms with Crippen molar-refractivity contribution in [2.45, 2.75) is 53.2 Å². The lowest BCUT2D eigenvalue weighted by atomic mass is 10.1. The van der Waals surface area contributed by atoms with E-state index >= 15 is 0 Å². The molecule has 1 aromatic rings. The molecule has 30 heavy (non-hydrogen) atoms. The molecule has 0 radical (unpaired) electrons. The van der Waals surface area contributed by atoms with E-state index in [2.05, 4.69) is 48.2 Å². The van der Waals surface area contributed by atoms with Crippen molar-refractivity contribution in [3.05, 3.63) is 23.9 Å². The Bertz CT molecular complexity index is 609. The number of aromatic nitrogens is 1. The lowest BCUT2D eigenvalue weighted by Crippen LogP contribution is -2.40. The molecule has 0 spiro atoms. The third kappa shape index (κ3) is 11.3. The van der Waals surface area contributed by atoms with Crippen LogP contribution in [0, 0.1) is 5.92 Å². The maximum atomic E-state index is 5.95. The van der Waals surface area contributed by atoms with Gasteiger partial charge in [0.15, 0.2) is 5.96 Å². The summed E-state index contributed by atoms with van der Waals surface area (Å²) in [5, 5.41) is 6.75. The van der Waals surface area contributed by atoms with Gasteiger partial charge in [-0.2, -0.15) is 0 Å². The quantitative estimate of drug-likeness (QED) is 0.197. The average molecular weight is 533 g/mol. The van der Waals surface area contributed by atoms with E-state index in [-0.39, 0.29) is 30.1 Å². The number of pyridine rings is 1. The molecule has 172 valence electrons. The van der Waals surface area contributed by atoms with Gasteiger partial charge in [-0.15, -0.1) is 24.0 Å². The monoisotopic (exact) mass is 533 g/mol. The van der Waals surface area contributed by atoms with E-state index in [9.17, 15) is 0 Å². The predicted octanol–water partition coefficient (Wildman–Crippen LogP) is 3.29. The number of hydrogen-bond acceptors (Lipinski definition) is 5. The maximum absolute atomic E-state index is 5.95. The summed E-state index contributed by atoms with van der Waals surface area (Å²) in [5.41, 5.74) is 1.09. The molecule has 1 unspecified atom stereocenters. The van der Waals surface area contributed by atoms with Crippen LogP contribution in [-0.2, 0) is 11.3 Å². The van der Waals surface area contributed by atoms with Crippen LogP contribution in [0.2, 0.25) is 0 Å². The van der Waals surface area contributed by atoms with Crippen LogP contribution in [0.5, 0.6) is 5.88 Å². The zero-order valence-corrected chi connectivity index (χ0v) is 21.4. The fourth-order valence-electron chi connectivity index (χ4n) is 3.38. The minimum Gasteiger partial charge on any atom is -0.475 e. The molecule has 0 bridgehead atoms. The number of ether oxygens (including phenoxy) is 2. The lowest BCUT2D eigenvalue weighted by molar-refractivity contribution is 0.0376. The molecule has 1 atom stereocenters. The zero-order valence-electron chi connectivity index (χ0n) is 19.0. The number of guanidine groups is 1. The number of nitrogens with one attached hydrogen (secondary N) is 2. The van der Waals surface area contributed by atoms with Crippen LogP contribution in [0.25, 0.3) is 0 Å². The van der Waals surface area contributed by atoms with E-state index in [0.717, 1.165) is 70.3 Å². The predicted molar refractivity (Wildman–Crippen MR) is 134 cm³/mol. The van der Waals surface area contributed by atoms with Gasteiger partial charge in [0.05, 0.1) is 25.9 Å². The maximum Gasteiger partial charge on any atom is 0.213 e. The van der Waals surface area contributed by atoms with Crippen LogP contribution in [-0.4, -0.2) is 67.9 Å². The van der Waals surface area contributed by atoms with Crippen molar-refractivity contribution in [3.8, 4) is 5.88 Å². The van der Waals surface area contributed by atoms with Crippen LogP contribution in [0.3, 0.4) is 0 Å². The first-order valence-electron chi connectivity index (χ1n) is 11.0. The molecule has 8 heteroatoms. The van der Waals surface area contributed by atoms with Crippen LogP contribution in [0.15, 0.2) is 23.3 Å². The summed E-state index contributed by atoms with van der Waals surface area (Å²) >= 11 is 0. The van der Waals surface area contributed by atoms with Gasteiger partial charge in [0.1, 0.15) is 0 Å². The third-order valence-electron chi connectivity index (χ3n) is 4.74. The highest BCUT2D eigenvalue weighted by molar-refractivity contribution is 14.0. The number of aliphatic imine (C=N–C) groups is 1. The normalized spacial score (nSPS) is 16.1. The summed E-state index contributed by atoms with van der Waals surface area (Å²) in [7, 11) is 0. The Labute approximate surface area is 199 Å². The largest absolute Gasteiger partial charge is 0.475 e. The van der Waals surface area contributed by atoms with Gasteiger partial charge in [-0.3, -0.25) is 4.90 Å². The van der Waals surface area contributed by atoms with Crippen LogP contribution in [0.1, 0.15) is 46.1 Å². The molecule has 1 aliphatic heterocycles. The molecule has 1 aromatic heterocycles. The van der Waals surface area contributed by atoms with E-state index in [0.29, 0.717) is 18.3 Å². The Kier molecular flexibility index (Phi) is 14.0. The Morgan fingerprint density at radius 2 is 2.03 bits per heavy atom. The van der Waals surface area contributed by atoms with Crippen molar-refractivity contribution in [3.63, 3.8) is 0 Å². The molecule has 7 nitrogen and oxygen atoms in total. The fourth-order valence-corrected chi connectivity index (χ4v) is 3.38. The molecule has 0 aromatic carbocycles. The summed E-state index contributed by atoms with van der Waals surface area (Å²) in [6.07, 6.45) is 4.06. The highest BCUT2D eigenvalue weighted by Gasteiger charge is 2.10. The highest BCUT2D eigenvalue weighted by atomic mass is 127. The molecule has 0 saturated carbocycles. The summed E-state index contributed by atoms with van der Waals surface area (Å²) in [5.74, 6) is 2.13. The van der Waals surface area contributed by atoms with Crippen LogP contribution < -0.4 is 15.4 Å². The van der Waals surface area contributed by atoms with Crippen LogP contribution in [0.4, 0.5) is 0 Å². The minimum atomic E-state index is 0. The molecular weight excluding hydrogens is 493 g/mol. The van der Waals surface area contributed by atoms with Gasteiger partial charge >= 0.3 is 0 Å². The first-order chi connectivity index (χ1) is 14.1. The third-order valence-corrected chi connectivity index (χ3v) is 4.74.